The second-order valence-electron chi connectivity index (χ2n) is 6.34. The van der Waals surface area contributed by atoms with Crippen molar-refractivity contribution in [3.05, 3.63) is 59.7 Å². The van der Waals surface area contributed by atoms with Gasteiger partial charge in [0.15, 0.2) is 6.61 Å². The van der Waals surface area contributed by atoms with Crippen LogP contribution in [-0.4, -0.2) is 37.9 Å². The first-order valence-corrected chi connectivity index (χ1v) is 8.89. The summed E-state index contributed by atoms with van der Waals surface area (Å²) in [6.07, 6.45) is 1.89. The Hall–Kier alpha value is -2.86. The van der Waals surface area contributed by atoms with Crippen LogP contribution in [0.2, 0.25) is 0 Å². The number of rotatable bonds is 7. The molecule has 0 saturated carbocycles. The monoisotopic (exact) mass is 370 g/mol. The Kier molecular flexibility index (Phi) is 6.44. The molecule has 0 amide bonds. The van der Waals surface area contributed by atoms with Crippen LogP contribution < -0.4 is 9.47 Å². The van der Waals surface area contributed by atoms with Crippen LogP contribution in [-0.2, 0) is 14.3 Å². The van der Waals surface area contributed by atoms with Gasteiger partial charge >= 0.3 is 11.9 Å². The van der Waals surface area contributed by atoms with Crippen molar-refractivity contribution in [3.8, 4) is 11.5 Å². The van der Waals surface area contributed by atoms with E-state index in [-0.39, 0.29) is 19.3 Å². The van der Waals surface area contributed by atoms with Crippen LogP contribution in [0.3, 0.4) is 0 Å². The van der Waals surface area contributed by atoms with E-state index in [1.54, 1.807) is 30.3 Å². The highest BCUT2D eigenvalue weighted by Crippen LogP contribution is 2.16. The molecule has 1 unspecified atom stereocenters. The number of aryl methyl sites for hydroxylation is 1. The molecular weight excluding hydrogens is 348 g/mol. The molecule has 6 heteroatoms. The summed E-state index contributed by atoms with van der Waals surface area (Å²) in [6, 6.07) is 13.6. The number of esters is 2. The van der Waals surface area contributed by atoms with Crippen LogP contribution in [0.25, 0.3) is 0 Å². The van der Waals surface area contributed by atoms with Crippen LogP contribution in [0, 0.1) is 6.92 Å². The molecule has 0 bridgehead atoms. The van der Waals surface area contributed by atoms with Gasteiger partial charge in [-0.2, -0.15) is 0 Å². The number of hydrogen-bond acceptors (Lipinski definition) is 6. The maximum atomic E-state index is 12.0. The SMILES string of the molecule is Cc1cccc(OCC(=O)Oc2ccc(C(=O)OCC3CCCO3)cc2)c1. The van der Waals surface area contributed by atoms with Crippen molar-refractivity contribution in [2.45, 2.75) is 25.9 Å². The van der Waals surface area contributed by atoms with Crippen LogP contribution in [0.15, 0.2) is 48.5 Å². The predicted molar refractivity (Wildman–Crippen MR) is 98.0 cm³/mol. The van der Waals surface area contributed by atoms with Crippen molar-refractivity contribution >= 4 is 11.9 Å². The summed E-state index contributed by atoms with van der Waals surface area (Å²) in [7, 11) is 0. The molecule has 0 N–H and O–H groups in total. The van der Waals surface area contributed by atoms with Gasteiger partial charge in [0.2, 0.25) is 0 Å². The Morgan fingerprint density at radius 1 is 1.11 bits per heavy atom. The first-order chi connectivity index (χ1) is 13.1. The molecule has 2 aromatic carbocycles. The molecule has 3 rings (SSSR count). The standard InChI is InChI=1S/C21H22O6/c1-15-4-2-5-18(12-15)25-14-20(22)27-17-9-7-16(8-10-17)21(23)26-13-19-6-3-11-24-19/h2,4-5,7-10,12,19H,3,6,11,13-14H2,1H3. The third kappa shape index (κ3) is 5.82. The van der Waals surface area contributed by atoms with Gasteiger partial charge in [0.1, 0.15) is 18.1 Å². The number of benzene rings is 2. The summed E-state index contributed by atoms with van der Waals surface area (Å²) in [5, 5.41) is 0. The predicted octanol–water partition coefficient (Wildman–Crippen LogP) is 3.32. The molecule has 0 aliphatic carbocycles. The lowest BCUT2D eigenvalue weighted by Crippen LogP contribution is -2.18. The summed E-state index contributed by atoms with van der Waals surface area (Å²) in [4.78, 5) is 23.9. The van der Waals surface area contributed by atoms with Gasteiger partial charge in [-0.1, -0.05) is 12.1 Å². The van der Waals surface area contributed by atoms with Crippen LogP contribution in [0.5, 0.6) is 11.5 Å². The second kappa shape index (κ2) is 9.19. The molecule has 0 radical (unpaired) electrons. The van der Waals surface area contributed by atoms with Crippen molar-refractivity contribution in [2.24, 2.45) is 0 Å². The van der Waals surface area contributed by atoms with E-state index < -0.39 is 11.9 Å². The zero-order chi connectivity index (χ0) is 19.1. The molecule has 1 atom stereocenters. The maximum Gasteiger partial charge on any atom is 0.349 e. The van der Waals surface area contributed by atoms with Gasteiger partial charge in [-0.25, -0.2) is 9.59 Å². The van der Waals surface area contributed by atoms with Gasteiger partial charge in [-0.3, -0.25) is 0 Å². The minimum absolute atomic E-state index is 0.0115. The molecule has 1 saturated heterocycles. The molecule has 27 heavy (non-hydrogen) atoms. The van der Waals surface area contributed by atoms with Crippen molar-refractivity contribution in [3.63, 3.8) is 0 Å². The maximum absolute atomic E-state index is 12.0. The molecule has 1 heterocycles. The van der Waals surface area contributed by atoms with Gasteiger partial charge < -0.3 is 18.9 Å². The molecule has 6 nitrogen and oxygen atoms in total. The lowest BCUT2D eigenvalue weighted by Gasteiger charge is -2.10. The van der Waals surface area contributed by atoms with Crippen molar-refractivity contribution in [1.29, 1.82) is 0 Å². The number of hydrogen-bond donors (Lipinski definition) is 0. The van der Waals surface area contributed by atoms with E-state index in [9.17, 15) is 9.59 Å². The lowest BCUT2D eigenvalue weighted by molar-refractivity contribution is -0.136. The van der Waals surface area contributed by atoms with E-state index in [0.29, 0.717) is 17.1 Å². The fourth-order valence-electron chi connectivity index (χ4n) is 2.70. The topological polar surface area (TPSA) is 71.1 Å². The van der Waals surface area contributed by atoms with Crippen molar-refractivity contribution < 1.29 is 28.5 Å². The molecular formula is C21H22O6. The van der Waals surface area contributed by atoms with E-state index in [1.165, 1.54) is 0 Å². The second-order valence-corrected chi connectivity index (χ2v) is 6.34. The average molecular weight is 370 g/mol. The number of carbonyl (C=O) groups is 2. The molecule has 0 spiro atoms. The quantitative estimate of drug-likeness (QED) is 0.550. The fourth-order valence-corrected chi connectivity index (χ4v) is 2.70. The van der Waals surface area contributed by atoms with E-state index in [0.717, 1.165) is 25.0 Å². The largest absolute Gasteiger partial charge is 0.482 e. The van der Waals surface area contributed by atoms with E-state index in [2.05, 4.69) is 0 Å². The highest BCUT2D eigenvalue weighted by molar-refractivity contribution is 5.89. The Morgan fingerprint density at radius 2 is 1.93 bits per heavy atom. The summed E-state index contributed by atoms with van der Waals surface area (Å²) in [6.45, 7) is 2.72. The summed E-state index contributed by atoms with van der Waals surface area (Å²) in [5.74, 6) is -0.00354. The van der Waals surface area contributed by atoms with E-state index >= 15 is 0 Å². The Balaban J connectivity index is 1.45. The first-order valence-electron chi connectivity index (χ1n) is 8.89. The Bertz CT molecular complexity index is 778. The molecule has 0 aromatic heterocycles. The third-order valence-corrected chi connectivity index (χ3v) is 4.09. The van der Waals surface area contributed by atoms with Gasteiger partial charge in [0, 0.05) is 6.61 Å². The van der Waals surface area contributed by atoms with Crippen molar-refractivity contribution in [1.82, 2.24) is 0 Å². The van der Waals surface area contributed by atoms with Gasteiger partial charge in [-0.15, -0.1) is 0 Å². The zero-order valence-corrected chi connectivity index (χ0v) is 15.2. The molecule has 142 valence electrons. The number of carbonyl (C=O) groups excluding carboxylic acids is 2. The average Bonchev–Trinajstić information content (AvgIpc) is 3.19. The summed E-state index contributed by atoms with van der Waals surface area (Å²) < 4.78 is 21.3. The molecule has 2 aromatic rings. The van der Waals surface area contributed by atoms with E-state index in [4.69, 9.17) is 18.9 Å². The fraction of sp³-hybridized carbons (Fsp3) is 0.333. The third-order valence-electron chi connectivity index (χ3n) is 4.09. The lowest BCUT2D eigenvalue weighted by atomic mass is 10.2. The highest BCUT2D eigenvalue weighted by atomic mass is 16.6. The smallest absolute Gasteiger partial charge is 0.349 e. The van der Waals surface area contributed by atoms with Crippen LogP contribution >= 0.6 is 0 Å². The summed E-state index contributed by atoms with van der Waals surface area (Å²) >= 11 is 0. The molecule has 1 aliphatic heterocycles. The van der Waals surface area contributed by atoms with E-state index in [1.807, 2.05) is 25.1 Å². The van der Waals surface area contributed by atoms with Gasteiger partial charge in [-0.05, 0) is 61.7 Å². The molecule has 1 fully saturated rings. The van der Waals surface area contributed by atoms with Gasteiger partial charge in [0.25, 0.3) is 0 Å². The Labute approximate surface area is 158 Å². The molecule has 1 aliphatic rings. The number of ether oxygens (including phenoxy) is 4. The summed E-state index contributed by atoms with van der Waals surface area (Å²) in [5.41, 5.74) is 1.44. The van der Waals surface area contributed by atoms with Crippen molar-refractivity contribution in [2.75, 3.05) is 19.8 Å². The Morgan fingerprint density at radius 3 is 2.63 bits per heavy atom. The highest BCUT2D eigenvalue weighted by Gasteiger charge is 2.18. The minimum Gasteiger partial charge on any atom is -0.482 e. The van der Waals surface area contributed by atoms with Crippen LogP contribution in [0.4, 0.5) is 0 Å². The minimum atomic E-state index is -0.523. The normalized spacial score (nSPS) is 16.0. The zero-order valence-electron chi connectivity index (χ0n) is 15.2. The van der Waals surface area contributed by atoms with Crippen LogP contribution in [0.1, 0.15) is 28.8 Å². The van der Waals surface area contributed by atoms with Gasteiger partial charge in [0.05, 0.1) is 11.7 Å². The first kappa shape index (κ1) is 18.9.